The van der Waals surface area contributed by atoms with Crippen molar-refractivity contribution in [2.24, 2.45) is 0 Å². The minimum Gasteiger partial charge on any atom is -0.494 e. The van der Waals surface area contributed by atoms with Gasteiger partial charge in [-0.1, -0.05) is 23.7 Å². The standard InChI is InChI=1S/C24H22ClFN4O2/c1-15-12-29(14-27-15)22-9-8-20(11-23(22)32-3)28-21-10-18(25)13-30(24(21)31)16(2)17-4-6-19(26)7-5-17/h4-14,16,28H,1-3H3/t16-/m0/s1. The number of nitrogens with zero attached hydrogens (tertiary/aromatic N) is 3. The van der Waals surface area contributed by atoms with Crippen molar-refractivity contribution in [2.75, 3.05) is 12.4 Å². The van der Waals surface area contributed by atoms with Crippen LogP contribution in [0.1, 0.15) is 24.2 Å². The van der Waals surface area contributed by atoms with Crippen LogP contribution >= 0.6 is 11.6 Å². The molecule has 1 atom stereocenters. The molecule has 0 aliphatic carbocycles. The molecular weight excluding hydrogens is 431 g/mol. The number of benzene rings is 2. The summed E-state index contributed by atoms with van der Waals surface area (Å²) in [4.78, 5) is 17.4. The first-order valence-electron chi connectivity index (χ1n) is 9.99. The summed E-state index contributed by atoms with van der Waals surface area (Å²) in [5.74, 6) is 0.291. The lowest BCUT2D eigenvalue weighted by molar-refractivity contribution is 0.413. The fourth-order valence-electron chi connectivity index (χ4n) is 3.52. The van der Waals surface area contributed by atoms with Crippen molar-refractivity contribution in [3.8, 4) is 11.4 Å². The lowest BCUT2D eigenvalue weighted by Gasteiger charge is -2.18. The Morgan fingerprint density at radius 1 is 1.12 bits per heavy atom. The zero-order chi connectivity index (χ0) is 22.8. The number of pyridine rings is 1. The van der Waals surface area contributed by atoms with Crippen LogP contribution in [0.4, 0.5) is 15.8 Å². The van der Waals surface area contributed by atoms with E-state index in [4.69, 9.17) is 16.3 Å². The number of halogens is 2. The summed E-state index contributed by atoms with van der Waals surface area (Å²) in [5, 5.41) is 3.55. The van der Waals surface area contributed by atoms with Crippen molar-refractivity contribution in [1.29, 1.82) is 0 Å². The van der Waals surface area contributed by atoms with E-state index >= 15 is 0 Å². The van der Waals surface area contributed by atoms with E-state index in [1.165, 1.54) is 16.7 Å². The predicted octanol–water partition coefficient (Wildman–Crippen LogP) is 5.50. The highest BCUT2D eigenvalue weighted by atomic mass is 35.5. The summed E-state index contributed by atoms with van der Waals surface area (Å²) in [6.07, 6.45) is 5.19. The Morgan fingerprint density at radius 2 is 1.88 bits per heavy atom. The Balaban J connectivity index is 1.67. The van der Waals surface area contributed by atoms with Crippen molar-refractivity contribution < 1.29 is 9.13 Å². The van der Waals surface area contributed by atoms with Crippen LogP contribution in [-0.2, 0) is 0 Å². The van der Waals surface area contributed by atoms with Gasteiger partial charge in [0.25, 0.3) is 5.56 Å². The van der Waals surface area contributed by atoms with Crippen LogP contribution in [0, 0.1) is 12.7 Å². The molecule has 2 aromatic carbocycles. The first kappa shape index (κ1) is 21.6. The third kappa shape index (κ3) is 4.38. The van der Waals surface area contributed by atoms with Gasteiger partial charge in [-0.15, -0.1) is 0 Å². The van der Waals surface area contributed by atoms with Gasteiger partial charge in [0.15, 0.2) is 0 Å². The molecule has 1 N–H and O–H groups in total. The topological polar surface area (TPSA) is 61.1 Å². The second kappa shape index (κ2) is 8.88. The molecule has 0 aliphatic heterocycles. The first-order chi connectivity index (χ1) is 15.4. The highest BCUT2D eigenvalue weighted by Gasteiger charge is 2.15. The average Bonchev–Trinajstić information content (AvgIpc) is 3.22. The molecule has 4 rings (SSSR count). The first-order valence-corrected chi connectivity index (χ1v) is 10.4. The summed E-state index contributed by atoms with van der Waals surface area (Å²) in [6, 6.07) is 12.8. The molecule has 32 heavy (non-hydrogen) atoms. The van der Waals surface area contributed by atoms with E-state index in [0.29, 0.717) is 22.1 Å². The molecule has 0 unspecified atom stereocenters. The summed E-state index contributed by atoms with van der Waals surface area (Å²) >= 11 is 6.32. The Morgan fingerprint density at radius 3 is 2.53 bits per heavy atom. The number of hydrogen-bond acceptors (Lipinski definition) is 4. The number of hydrogen-bond donors (Lipinski definition) is 1. The van der Waals surface area contributed by atoms with Crippen molar-refractivity contribution >= 4 is 23.0 Å². The van der Waals surface area contributed by atoms with Gasteiger partial charge in [0.2, 0.25) is 0 Å². The van der Waals surface area contributed by atoms with E-state index in [-0.39, 0.29) is 17.4 Å². The zero-order valence-corrected chi connectivity index (χ0v) is 18.6. The highest BCUT2D eigenvalue weighted by Crippen LogP contribution is 2.29. The fraction of sp³-hybridized carbons (Fsp3) is 0.167. The molecule has 0 amide bonds. The number of ether oxygens (including phenoxy) is 1. The van der Waals surface area contributed by atoms with Gasteiger partial charge in [0.05, 0.1) is 35.9 Å². The minimum absolute atomic E-state index is 0.250. The van der Waals surface area contributed by atoms with E-state index in [2.05, 4.69) is 10.3 Å². The lowest BCUT2D eigenvalue weighted by Crippen LogP contribution is -2.25. The third-order valence-electron chi connectivity index (χ3n) is 5.23. The summed E-state index contributed by atoms with van der Waals surface area (Å²) in [6.45, 7) is 3.77. The third-order valence-corrected chi connectivity index (χ3v) is 5.43. The largest absolute Gasteiger partial charge is 0.494 e. The van der Waals surface area contributed by atoms with Crippen LogP contribution in [0.25, 0.3) is 5.69 Å². The maximum absolute atomic E-state index is 13.3. The maximum Gasteiger partial charge on any atom is 0.274 e. The van der Waals surface area contributed by atoms with Gasteiger partial charge in [0.1, 0.15) is 17.3 Å². The average molecular weight is 453 g/mol. The molecule has 4 aromatic rings. The molecule has 0 bridgehead atoms. The molecule has 0 radical (unpaired) electrons. The number of aryl methyl sites for hydroxylation is 1. The fourth-order valence-corrected chi connectivity index (χ4v) is 3.74. The second-order valence-corrected chi connectivity index (χ2v) is 7.88. The van der Waals surface area contributed by atoms with Crippen molar-refractivity contribution in [1.82, 2.24) is 14.1 Å². The van der Waals surface area contributed by atoms with Crippen molar-refractivity contribution in [3.63, 3.8) is 0 Å². The predicted molar refractivity (Wildman–Crippen MR) is 124 cm³/mol. The summed E-state index contributed by atoms with van der Waals surface area (Å²) < 4.78 is 22.2. The molecule has 0 spiro atoms. The number of methoxy groups -OCH3 is 1. The molecule has 0 fully saturated rings. The summed E-state index contributed by atoms with van der Waals surface area (Å²) in [5.41, 5.74) is 3.25. The van der Waals surface area contributed by atoms with Crippen LogP contribution in [0.2, 0.25) is 5.02 Å². The molecule has 2 heterocycles. The van der Waals surface area contributed by atoms with Crippen LogP contribution in [0.15, 0.2) is 72.0 Å². The lowest BCUT2D eigenvalue weighted by atomic mass is 10.1. The highest BCUT2D eigenvalue weighted by molar-refractivity contribution is 6.30. The molecule has 6 nitrogen and oxygen atoms in total. The Labute approximate surface area is 189 Å². The van der Waals surface area contributed by atoms with Gasteiger partial charge in [-0.2, -0.15) is 0 Å². The van der Waals surface area contributed by atoms with Gasteiger partial charge in [0, 0.05) is 24.1 Å². The van der Waals surface area contributed by atoms with E-state index in [1.54, 1.807) is 43.9 Å². The van der Waals surface area contributed by atoms with E-state index in [9.17, 15) is 9.18 Å². The van der Waals surface area contributed by atoms with Crippen LogP contribution < -0.4 is 15.6 Å². The van der Waals surface area contributed by atoms with Gasteiger partial charge < -0.3 is 19.2 Å². The number of nitrogens with one attached hydrogen (secondary N) is 1. The monoisotopic (exact) mass is 452 g/mol. The van der Waals surface area contributed by atoms with E-state index in [0.717, 1.165) is 16.9 Å². The number of imidazole rings is 1. The second-order valence-electron chi connectivity index (χ2n) is 7.45. The smallest absolute Gasteiger partial charge is 0.274 e. The molecule has 8 heteroatoms. The minimum atomic E-state index is -0.330. The van der Waals surface area contributed by atoms with E-state index < -0.39 is 0 Å². The van der Waals surface area contributed by atoms with Crippen LogP contribution in [0.5, 0.6) is 5.75 Å². The molecule has 0 saturated heterocycles. The Hall–Kier alpha value is -3.58. The molecule has 164 valence electrons. The van der Waals surface area contributed by atoms with E-state index in [1.807, 2.05) is 36.7 Å². The quantitative estimate of drug-likeness (QED) is 0.420. The van der Waals surface area contributed by atoms with Crippen molar-refractivity contribution in [2.45, 2.75) is 19.9 Å². The molecule has 2 aromatic heterocycles. The molecule has 0 aliphatic rings. The number of rotatable bonds is 6. The van der Waals surface area contributed by atoms with Crippen LogP contribution in [-0.4, -0.2) is 21.2 Å². The van der Waals surface area contributed by atoms with Crippen molar-refractivity contribution in [3.05, 3.63) is 99.7 Å². The Bertz CT molecular complexity index is 1310. The van der Waals surface area contributed by atoms with Gasteiger partial charge >= 0.3 is 0 Å². The van der Waals surface area contributed by atoms with Gasteiger partial charge in [-0.3, -0.25) is 4.79 Å². The van der Waals surface area contributed by atoms with Gasteiger partial charge in [-0.25, -0.2) is 9.37 Å². The summed E-state index contributed by atoms with van der Waals surface area (Å²) in [7, 11) is 1.59. The molecule has 0 saturated carbocycles. The SMILES string of the molecule is COc1cc(Nc2cc(Cl)cn([C@@H](C)c3ccc(F)cc3)c2=O)ccc1-n1cnc(C)c1. The normalized spacial score (nSPS) is 11.9. The number of aromatic nitrogens is 3. The molecular formula is C24H22ClFN4O2. The van der Waals surface area contributed by atoms with Gasteiger partial charge in [-0.05, 0) is 49.7 Å². The number of anilines is 2. The Kier molecular flexibility index (Phi) is 6.01. The van der Waals surface area contributed by atoms with Crippen LogP contribution in [0.3, 0.4) is 0 Å². The maximum atomic E-state index is 13.3. The zero-order valence-electron chi connectivity index (χ0n) is 17.8.